The first kappa shape index (κ1) is 15.3. The number of rotatable bonds is 5. The van der Waals surface area contributed by atoms with Gasteiger partial charge in [-0.1, -0.05) is 23.5 Å². The molecule has 0 aliphatic heterocycles. The number of nitrogens with zero attached hydrogens (tertiary/aromatic N) is 2. The predicted molar refractivity (Wildman–Crippen MR) is 94.8 cm³/mol. The van der Waals surface area contributed by atoms with Crippen LogP contribution >= 0.6 is 11.3 Å². The number of anilines is 1. The number of benzene rings is 2. The minimum Gasteiger partial charge on any atom is -0.504 e. The number of nitrogens with one attached hydrogen (secondary N) is 1. The number of phenols is 1. The second-order valence-electron chi connectivity index (χ2n) is 4.99. The third-order valence-corrected chi connectivity index (χ3v) is 4.16. The Morgan fingerprint density at radius 3 is 3.04 bits per heavy atom. The Bertz CT molecular complexity index is 858. The Morgan fingerprint density at radius 2 is 2.22 bits per heavy atom. The van der Waals surface area contributed by atoms with Gasteiger partial charge >= 0.3 is 0 Å². The van der Waals surface area contributed by atoms with Crippen molar-refractivity contribution in [2.75, 3.05) is 12.0 Å². The van der Waals surface area contributed by atoms with Crippen molar-refractivity contribution in [3.8, 4) is 11.5 Å². The molecule has 2 N–H and O–H groups in total. The Kier molecular flexibility index (Phi) is 4.43. The van der Waals surface area contributed by atoms with Crippen LogP contribution in [-0.2, 0) is 0 Å². The van der Waals surface area contributed by atoms with Crippen molar-refractivity contribution in [3.05, 3.63) is 47.5 Å². The van der Waals surface area contributed by atoms with Crippen LogP contribution in [0.25, 0.3) is 10.2 Å². The predicted octanol–water partition coefficient (Wildman–Crippen LogP) is 4.16. The zero-order valence-corrected chi connectivity index (χ0v) is 13.7. The third-order valence-electron chi connectivity index (χ3n) is 3.24. The van der Waals surface area contributed by atoms with Crippen LogP contribution in [0.15, 0.2) is 41.5 Å². The second-order valence-corrected chi connectivity index (χ2v) is 6.02. The molecule has 0 saturated carbocycles. The monoisotopic (exact) mass is 327 g/mol. The van der Waals surface area contributed by atoms with E-state index in [1.165, 1.54) is 16.9 Å². The van der Waals surface area contributed by atoms with E-state index in [4.69, 9.17) is 4.74 Å². The molecular weight excluding hydrogens is 310 g/mol. The molecule has 1 heterocycles. The molecule has 0 radical (unpaired) electrons. The van der Waals surface area contributed by atoms with E-state index in [9.17, 15) is 5.11 Å². The van der Waals surface area contributed by atoms with Crippen LogP contribution in [0, 0.1) is 6.92 Å². The molecule has 2 aromatic carbocycles. The average molecular weight is 327 g/mol. The van der Waals surface area contributed by atoms with Crippen molar-refractivity contribution in [3.63, 3.8) is 0 Å². The molecule has 1 aromatic heterocycles. The van der Waals surface area contributed by atoms with Crippen LogP contribution < -0.4 is 10.2 Å². The maximum Gasteiger partial charge on any atom is 0.204 e. The van der Waals surface area contributed by atoms with Gasteiger partial charge in [-0.2, -0.15) is 5.10 Å². The Labute approximate surface area is 138 Å². The third kappa shape index (κ3) is 3.43. The molecule has 0 fully saturated rings. The van der Waals surface area contributed by atoms with Gasteiger partial charge in [-0.3, -0.25) is 5.43 Å². The van der Waals surface area contributed by atoms with E-state index in [0.29, 0.717) is 23.1 Å². The summed E-state index contributed by atoms with van der Waals surface area (Å²) in [6.45, 7) is 4.42. The minimum absolute atomic E-state index is 0.0832. The maximum absolute atomic E-state index is 10.1. The summed E-state index contributed by atoms with van der Waals surface area (Å²) in [5.41, 5.74) is 5.64. The summed E-state index contributed by atoms with van der Waals surface area (Å²) >= 11 is 1.54. The molecule has 0 saturated heterocycles. The first-order chi connectivity index (χ1) is 11.2. The molecule has 23 heavy (non-hydrogen) atoms. The number of aromatic nitrogens is 1. The fraction of sp³-hybridized carbons (Fsp3) is 0.176. The van der Waals surface area contributed by atoms with E-state index >= 15 is 0 Å². The van der Waals surface area contributed by atoms with Crippen molar-refractivity contribution in [2.24, 2.45) is 5.10 Å². The molecule has 0 spiro atoms. The number of fused-ring (bicyclic) bond motifs is 1. The molecule has 118 valence electrons. The lowest BCUT2D eigenvalue weighted by molar-refractivity contribution is 0.318. The average Bonchev–Trinajstić information content (AvgIpc) is 2.93. The van der Waals surface area contributed by atoms with Crippen molar-refractivity contribution < 1.29 is 9.84 Å². The quantitative estimate of drug-likeness (QED) is 0.545. The van der Waals surface area contributed by atoms with Crippen LogP contribution in [-0.4, -0.2) is 22.9 Å². The minimum atomic E-state index is 0.0832. The molecule has 5 nitrogen and oxygen atoms in total. The summed E-state index contributed by atoms with van der Waals surface area (Å²) in [5, 5.41) is 15.0. The highest BCUT2D eigenvalue weighted by Crippen LogP contribution is 2.29. The molecule has 0 unspecified atom stereocenters. The van der Waals surface area contributed by atoms with Crippen molar-refractivity contribution in [1.29, 1.82) is 0 Å². The molecule has 3 aromatic rings. The standard InChI is InChI=1S/C17H17N3O2S/c1-3-22-14-6-4-5-12(16(14)21)10-18-20-17-19-13-8-7-11(2)9-15(13)23-17/h4-10,21H,3H2,1-2H3,(H,19,20). The van der Waals surface area contributed by atoms with Gasteiger partial charge in [-0.25, -0.2) is 4.98 Å². The largest absolute Gasteiger partial charge is 0.504 e. The topological polar surface area (TPSA) is 66.7 Å². The van der Waals surface area contributed by atoms with Gasteiger partial charge < -0.3 is 9.84 Å². The molecule has 0 atom stereocenters. The Morgan fingerprint density at radius 1 is 1.35 bits per heavy atom. The fourth-order valence-electron chi connectivity index (χ4n) is 2.15. The zero-order valence-electron chi connectivity index (χ0n) is 12.9. The van der Waals surface area contributed by atoms with Gasteiger partial charge in [0, 0.05) is 5.56 Å². The number of hydrazone groups is 1. The second kappa shape index (κ2) is 6.66. The zero-order chi connectivity index (χ0) is 16.2. The van der Waals surface area contributed by atoms with Gasteiger partial charge in [-0.05, 0) is 43.7 Å². The van der Waals surface area contributed by atoms with E-state index in [0.717, 1.165) is 10.2 Å². The lowest BCUT2D eigenvalue weighted by Gasteiger charge is -2.06. The molecule has 0 bridgehead atoms. The smallest absolute Gasteiger partial charge is 0.204 e. The highest BCUT2D eigenvalue weighted by molar-refractivity contribution is 7.22. The number of hydrogen-bond donors (Lipinski definition) is 2. The summed E-state index contributed by atoms with van der Waals surface area (Å²) in [7, 11) is 0. The Hall–Kier alpha value is -2.60. The van der Waals surface area contributed by atoms with Gasteiger partial charge in [0.15, 0.2) is 11.5 Å². The van der Waals surface area contributed by atoms with E-state index in [1.54, 1.807) is 18.3 Å². The number of aromatic hydroxyl groups is 1. The highest BCUT2D eigenvalue weighted by atomic mass is 32.1. The number of para-hydroxylation sites is 1. The highest BCUT2D eigenvalue weighted by Gasteiger charge is 2.06. The SMILES string of the molecule is CCOc1cccc(C=NNc2nc3ccc(C)cc3s2)c1O. The van der Waals surface area contributed by atoms with Crippen molar-refractivity contribution >= 4 is 32.9 Å². The van der Waals surface area contributed by atoms with Gasteiger partial charge in [0.2, 0.25) is 5.13 Å². The molecular formula is C17H17N3O2S. The maximum atomic E-state index is 10.1. The number of hydrogen-bond acceptors (Lipinski definition) is 6. The number of phenolic OH excluding ortho intramolecular Hbond substituents is 1. The normalized spacial score (nSPS) is 11.2. The van der Waals surface area contributed by atoms with E-state index in [2.05, 4.69) is 28.5 Å². The molecule has 0 aliphatic rings. The van der Waals surface area contributed by atoms with Crippen LogP contribution in [0.4, 0.5) is 5.13 Å². The Balaban J connectivity index is 1.76. The van der Waals surface area contributed by atoms with E-state index < -0.39 is 0 Å². The fourth-order valence-corrected chi connectivity index (χ4v) is 3.07. The summed E-state index contributed by atoms with van der Waals surface area (Å²) in [6, 6.07) is 11.4. The lowest BCUT2D eigenvalue weighted by atomic mass is 10.2. The lowest BCUT2D eigenvalue weighted by Crippen LogP contribution is -1.95. The first-order valence-electron chi connectivity index (χ1n) is 7.28. The van der Waals surface area contributed by atoms with Crippen molar-refractivity contribution in [2.45, 2.75) is 13.8 Å². The summed E-state index contributed by atoms with van der Waals surface area (Å²) in [6.07, 6.45) is 1.55. The first-order valence-corrected chi connectivity index (χ1v) is 8.10. The molecule has 3 rings (SSSR count). The molecule has 0 amide bonds. The van der Waals surface area contributed by atoms with E-state index in [-0.39, 0.29) is 5.75 Å². The summed E-state index contributed by atoms with van der Waals surface area (Å²) in [4.78, 5) is 4.46. The van der Waals surface area contributed by atoms with Gasteiger partial charge in [-0.15, -0.1) is 0 Å². The number of ether oxygens (including phenoxy) is 1. The molecule has 6 heteroatoms. The van der Waals surface area contributed by atoms with Crippen LogP contribution in [0.3, 0.4) is 0 Å². The number of thiazole rings is 1. The van der Waals surface area contributed by atoms with Crippen LogP contribution in [0.5, 0.6) is 11.5 Å². The van der Waals surface area contributed by atoms with Crippen LogP contribution in [0.1, 0.15) is 18.1 Å². The number of aryl methyl sites for hydroxylation is 1. The van der Waals surface area contributed by atoms with Crippen molar-refractivity contribution in [1.82, 2.24) is 4.98 Å². The summed E-state index contributed by atoms with van der Waals surface area (Å²) in [5.74, 6) is 0.534. The summed E-state index contributed by atoms with van der Waals surface area (Å²) < 4.78 is 6.47. The van der Waals surface area contributed by atoms with Crippen LogP contribution in [0.2, 0.25) is 0 Å². The van der Waals surface area contributed by atoms with Gasteiger partial charge in [0.1, 0.15) is 0 Å². The van der Waals surface area contributed by atoms with Gasteiger partial charge in [0.25, 0.3) is 0 Å². The molecule has 0 aliphatic carbocycles. The van der Waals surface area contributed by atoms with Gasteiger partial charge in [0.05, 0.1) is 23.0 Å². The van der Waals surface area contributed by atoms with E-state index in [1.807, 2.05) is 25.1 Å².